The molecule has 0 aromatic heterocycles. The van der Waals surface area contributed by atoms with Crippen LogP contribution < -0.4 is 0 Å². The van der Waals surface area contributed by atoms with Crippen molar-refractivity contribution in [1.82, 2.24) is 0 Å². The van der Waals surface area contributed by atoms with E-state index < -0.39 is 9.29 Å². The molecule has 0 fully saturated rings. The van der Waals surface area contributed by atoms with Crippen molar-refractivity contribution in [3.8, 4) is 0 Å². The van der Waals surface area contributed by atoms with Gasteiger partial charge in [-0.2, -0.15) is 0 Å². The van der Waals surface area contributed by atoms with E-state index in [-0.39, 0.29) is 22.4 Å². The van der Waals surface area contributed by atoms with Crippen molar-refractivity contribution in [2.75, 3.05) is 0 Å². The molecule has 0 rings (SSSR count). The van der Waals surface area contributed by atoms with Crippen molar-refractivity contribution >= 4 is 9.29 Å². The zero-order valence-electron chi connectivity index (χ0n) is 1.62. The van der Waals surface area contributed by atoms with Crippen molar-refractivity contribution in [3.05, 3.63) is 0 Å². The molecule has 0 saturated carbocycles. The van der Waals surface area contributed by atoms with E-state index in [1.54, 1.807) is 0 Å². The second-order valence-electron chi connectivity index (χ2n) is 0.0833. The van der Waals surface area contributed by atoms with Crippen molar-refractivity contribution in [1.29, 1.82) is 0 Å². The summed E-state index contributed by atoms with van der Waals surface area (Å²) in [5.74, 6) is 0. The van der Waals surface area contributed by atoms with Gasteiger partial charge in [-0.3, -0.25) is 8.92 Å². The summed E-state index contributed by atoms with van der Waals surface area (Å²) in [7, 11) is -1.42. The molecule has 0 bridgehead atoms. The summed E-state index contributed by atoms with van der Waals surface area (Å²) in [6.45, 7) is 0. The van der Waals surface area contributed by atoms with E-state index in [1.165, 1.54) is 0 Å². The molecule has 4 heteroatoms. The van der Waals surface area contributed by atoms with E-state index in [2.05, 4.69) is 0 Å². The predicted molar refractivity (Wildman–Crippen MR) is 7.13 cm³/mol. The molecular weight excluding hydrogens is 168 g/mol. The van der Waals surface area contributed by atoms with Crippen LogP contribution in [0.3, 0.4) is 0 Å². The normalized spacial score (nSPS) is 2.00. The Morgan fingerprint density at radius 2 is 1.25 bits per heavy atom. The van der Waals surface area contributed by atoms with E-state index in [9.17, 15) is 0 Å². The maximum absolute atomic E-state index is 8.40. The smallest absolute Gasteiger partial charge is 0.274 e. The van der Waals surface area contributed by atoms with Crippen LogP contribution in [0.4, 0.5) is 0 Å². The maximum Gasteiger partial charge on any atom is 0.549 e. The predicted octanol–water partition coefficient (Wildman–Crippen LogP) is -0.621. The minimum absolute atomic E-state index is 0. The molecular formula is AgO2Si. The van der Waals surface area contributed by atoms with Gasteiger partial charge >= 0.3 is 9.29 Å². The monoisotopic (exact) mass is 167 g/mol. The molecule has 0 spiro atoms. The van der Waals surface area contributed by atoms with Gasteiger partial charge in [0.25, 0.3) is 0 Å². The topological polar surface area (TPSA) is 34.1 Å². The second-order valence-corrected chi connectivity index (χ2v) is 0.250. The number of hydrogen-bond donors (Lipinski definition) is 0. The van der Waals surface area contributed by atoms with Gasteiger partial charge in [0, 0.05) is 22.4 Å². The van der Waals surface area contributed by atoms with Crippen molar-refractivity contribution in [2.45, 2.75) is 0 Å². The Kier molecular flexibility index (Phi) is 21.1. The van der Waals surface area contributed by atoms with Crippen LogP contribution in [0.15, 0.2) is 0 Å². The van der Waals surface area contributed by atoms with Gasteiger partial charge in [0.15, 0.2) is 0 Å². The first-order valence-electron chi connectivity index (χ1n) is 0.408. The van der Waals surface area contributed by atoms with Crippen LogP contribution in [0.25, 0.3) is 0 Å². The van der Waals surface area contributed by atoms with Gasteiger partial charge in [-0.05, 0) is 0 Å². The molecule has 0 aliphatic heterocycles. The van der Waals surface area contributed by atoms with E-state index in [1.807, 2.05) is 0 Å². The maximum atomic E-state index is 8.40. The second kappa shape index (κ2) is 9.59. The Morgan fingerprint density at radius 3 is 1.25 bits per heavy atom. The quantitative estimate of drug-likeness (QED) is 0.451. The Morgan fingerprint density at radius 1 is 1.25 bits per heavy atom. The standard InChI is InChI=1S/Ag.O2Si/c;1-3-2. The molecule has 4 heavy (non-hydrogen) atoms. The van der Waals surface area contributed by atoms with Gasteiger partial charge in [-0.25, -0.2) is 0 Å². The van der Waals surface area contributed by atoms with Crippen molar-refractivity contribution < 1.29 is 31.3 Å². The number of rotatable bonds is 0. The van der Waals surface area contributed by atoms with Gasteiger partial charge in [0.05, 0.1) is 0 Å². The summed E-state index contributed by atoms with van der Waals surface area (Å²) >= 11 is 0. The minimum atomic E-state index is -1.42. The molecule has 0 aromatic carbocycles. The van der Waals surface area contributed by atoms with Crippen LogP contribution in [-0.2, 0) is 31.3 Å². The van der Waals surface area contributed by atoms with E-state index in [4.69, 9.17) is 8.92 Å². The van der Waals surface area contributed by atoms with Crippen LogP contribution in [0.5, 0.6) is 0 Å². The molecule has 27 valence electrons. The van der Waals surface area contributed by atoms with Crippen LogP contribution in [0, 0.1) is 0 Å². The third-order valence-corrected chi connectivity index (χ3v) is 0. The zero-order chi connectivity index (χ0) is 2.71. The zero-order valence-corrected chi connectivity index (χ0v) is 4.10. The van der Waals surface area contributed by atoms with Gasteiger partial charge in [-0.1, -0.05) is 0 Å². The Hall–Kier alpha value is 0.557. The summed E-state index contributed by atoms with van der Waals surface area (Å²) in [6, 6.07) is 0. The largest absolute Gasteiger partial charge is 0.549 e. The summed E-state index contributed by atoms with van der Waals surface area (Å²) in [6.07, 6.45) is 0. The minimum Gasteiger partial charge on any atom is -0.274 e. The van der Waals surface area contributed by atoms with Crippen LogP contribution >= 0.6 is 0 Å². The van der Waals surface area contributed by atoms with Crippen LogP contribution in [-0.4, -0.2) is 9.29 Å². The van der Waals surface area contributed by atoms with E-state index in [0.717, 1.165) is 0 Å². The fraction of sp³-hybridized carbons (Fsp3) is 0. The first-order chi connectivity index (χ1) is 1.41. The molecule has 0 atom stereocenters. The van der Waals surface area contributed by atoms with E-state index >= 15 is 0 Å². The summed E-state index contributed by atoms with van der Waals surface area (Å²) < 4.78 is 16.8. The SMILES string of the molecule is O=[Si]=O.[Ag]. The fourth-order valence-corrected chi connectivity index (χ4v) is 0. The summed E-state index contributed by atoms with van der Waals surface area (Å²) in [5.41, 5.74) is 0. The summed E-state index contributed by atoms with van der Waals surface area (Å²) in [5, 5.41) is 0. The van der Waals surface area contributed by atoms with Crippen LogP contribution in [0.2, 0.25) is 0 Å². The Bertz CT molecular complexity index is 27.0. The fourth-order valence-electron chi connectivity index (χ4n) is 0. The number of hydrogen-bond acceptors (Lipinski definition) is 2. The Balaban J connectivity index is 0. The Labute approximate surface area is 41.0 Å². The van der Waals surface area contributed by atoms with Crippen molar-refractivity contribution in [3.63, 3.8) is 0 Å². The molecule has 0 aromatic rings. The van der Waals surface area contributed by atoms with Crippen LogP contribution in [0.1, 0.15) is 0 Å². The molecule has 1 radical (unpaired) electrons. The van der Waals surface area contributed by atoms with Gasteiger partial charge in [0.2, 0.25) is 0 Å². The molecule has 0 N–H and O–H groups in total. The average Bonchev–Trinajstić information content (AvgIpc) is 0.918. The molecule has 2 nitrogen and oxygen atoms in total. The molecule has 0 amide bonds. The third-order valence-electron chi connectivity index (χ3n) is 0. The van der Waals surface area contributed by atoms with Gasteiger partial charge in [0.1, 0.15) is 0 Å². The summed E-state index contributed by atoms with van der Waals surface area (Å²) in [4.78, 5) is 0. The average molecular weight is 168 g/mol. The van der Waals surface area contributed by atoms with E-state index in [0.29, 0.717) is 0 Å². The van der Waals surface area contributed by atoms with Gasteiger partial charge in [-0.15, -0.1) is 0 Å². The molecule has 0 aliphatic carbocycles. The third kappa shape index (κ3) is 20.0. The van der Waals surface area contributed by atoms with Crippen molar-refractivity contribution in [2.24, 2.45) is 0 Å². The first kappa shape index (κ1) is 8.82. The molecule has 0 saturated heterocycles. The van der Waals surface area contributed by atoms with Gasteiger partial charge < -0.3 is 0 Å². The molecule has 0 heterocycles. The molecule has 0 unspecified atom stereocenters. The first-order valence-corrected chi connectivity index (χ1v) is 1.22. The molecule has 0 aliphatic rings.